The number of rotatable bonds is 8. The fourth-order valence-electron chi connectivity index (χ4n) is 2.53. The Hall–Kier alpha value is -2.63. The van der Waals surface area contributed by atoms with E-state index in [1.54, 1.807) is 6.20 Å². The number of methoxy groups -OCH3 is 1. The lowest BCUT2D eigenvalue weighted by Gasteiger charge is -2.15. The molecule has 0 radical (unpaired) electrons. The Morgan fingerprint density at radius 2 is 2.00 bits per heavy atom. The molecule has 1 amide bonds. The topological polar surface area (TPSA) is 77.5 Å². The number of ether oxygens (including phenoxy) is 2. The summed E-state index contributed by atoms with van der Waals surface area (Å²) < 4.78 is 9.91. The molecule has 0 aliphatic rings. The van der Waals surface area contributed by atoms with Crippen molar-refractivity contribution in [3.8, 4) is 0 Å². The highest BCUT2D eigenvalue weighted by Gasteiger charge is 2.12. The van der Waals surface area contributed by atoms with Crippen LogP contribution in [0.3, 0.4) is 0 Å². The Balaban J connectivity index is 1.79. The van der Waals surface area contributed by atoms with Crippen molar-refractivity contribution in [2.24, 2.45) is 5.92 Å². The van der Waals surface area contributed by atoms with Crippen LogP contribution in [0.2, 0.25) is 0 Å². The molecule has 0 aliphatic heterocycles. The summed E-state index contributed by atoms with van der Waals surface area (Å²) in [5, 5.41) is 4.66. The second kappa shape index (κ2) is 9.61. The molecule has 0 saturated carbocycles. The first-order chi connectivity index (χ1) is 12.1. The van der Waals surface area contributed by atoms with E-state index in [-0.39, 0.29) is 11.9 Å². The van der Waals surface area contributed by atoms with Crippen LogP contribution in [0, 0.1) is 5.92 Å². The van der Waals surface area contributed by atoms with E-state index in [1.807, 2.05) is 37.3 Å². The summed E-state index contributed by atoms with van der Waals surface area (Å²) in [6, 6.07) is 9.61. The lowest BCUT2D eigenvalue weighted by Crippen LogP contribution is -2.19. The minimum atomic E-state index is -0.519. The quantitative estimate of drug-likeness (QED) is 0.728. The molecule has 0 aliphatic carbocycles. The van der Waals surface area contributed by atoms with Crippen molar-refractivity contribution in [2.75, 3.05) is 19.0 Å². The third-order valence-electron chi connectivity index (χ3n) is 4.11. The number of nitrogens with one attached hydrogen (secondary N) is 1. The van der Waals surface area contributed by atoms with Crippen molar-refractivity contribution in [3.05, 3.63) is 36.5 Å². The van der Waals surface area contributed by atoms with Crippen LogP contribution in [-0.2, 0) is 14.3 Å². The Labute approximate surface area is 147 Å². The molecular weight excluding hydrogens is 320 g/mol. The van der Waals surface area contributed by atoms with Crippen LogP contribution in [0.4, 0.5) is 10.6 Å². The first-order valence-corrected chi connectivity index (χ1v) is 8.47. The van der Waals surface area contributed by atoms with E-state index >= 15 is 0 Å². The van der Waals surface area contributed by atoms with Crippen molar-refractivity contribution in [1.82, 2.24) is 4.98 Å². The van der Waals surface area contributed by atoms with Gasteiger partial charge in [0.1, 0.15) is 5.82 Å². The lowest BCUT2D eigenvalue weighted by molar-refractivity contribution is -0.140. The van der Waals surface area contributed by atoms with Gasteiger partial charge in [-0.25, -0.2) is 9.78 Å². The number of pyridine rings is 1. The van der Waals surface area contributed by atoms with Crippen LogP contribution in [0.5, 0.6) is 0 Å². The van der Waals surface area contributed by atoms with E-state index in [2.05, 4.69) is 15.0 Å². The normalized spacial score (nSPS) is 11.8. The van der Waals surface area contributed by atoms with Gasteiger partial charge in [0, 0.05) is 18.0 Å². The third-order valence-corrected chi connectivity index (χ3v) is 4.11. The number of hydrogen-bond acceptors (Lipinski definition) is 5. The Kier molecular flexibility index (Phi) is 7.19. The number of carbonyl (C=O) groups is 2. The minimum absolute atomic E-state index is 0.212. The largest absolute Gasteiger partial charge is 0.469 e. The van der Waals surface area contributed by atoms with Crippen LogP contribution in [-0.4, -0.2) is 30.8 Å². The summed E-state index contributed by atoms with van der Waals surface area (Å²) in [6.45, 7) is 2.35. The number of nitrogens with zero attached hydrogens (tertiary/aromatic N) is 1. The Morgan fingerprint density at radius 3 is 2.72 bits per heavy atom. The molecule has 1 heterocycles. The van der Waals surface area contributed by atoms with E-state index in [4.69, 9.17) is 4.74 Å². The summed E-state index contributed by atoms with van der Waals surface area (Å²) in [4.78, 5) is 27.3. The summed E-state index contributed by atoms with van der Waals surface area (Å²) in [5.74, 6) is 0.471. The van der Waals surface area contributed by atoms with Crippen LogP contribution in [0.25, 0.3) is 10.8 Å². The van der Waals surface area contributed by atoms with Gasteiger partial charge in [-0.15, -0.1) is 0 Å². The average Bonchev–Trinajstić information content (AvgIpc) is 2.64. The number of aromatic nitrogens is 1. The molecule has 0 bridgehead atoms. The second-order valence-corrected chi connectivity index (χ2v) is 5.88. The average molecular weight is 344 g/mol. The highest BCUT2D eigenvalue weighted by molar-refractivity contribution is 5.89. The van der Waals surface area contributed by atoms with Gasteiger partial charge >= 0.3 is 12.1 Å². The van der Waals surface area contributed by atoms with Crippen LogP contribution in [0.15, 0.2) is 36.5 Å². The Bertz CT molecular complexity index is 717. The zero-order valence-corrected chi connectivity index (χ0v) is 14.7. The van der Waals surface area contributed by atoms with Gasteiger partial charge in [-0.1, -0.05) is 37.6 Å². The van der Waals surface area contributed by atoms with Crippen molar-refractivity contribution in [1.29, 1.82) is 0 Å². The fraction of sp³-hybridized carbons (Fsp3) is 0.421. The lowest BCUT2D eigenvalue weighted by atomic mass is 10.0. The van der Waals surface area contributed by atoms with E-state index in [0.717, 1.165) is 30.0 Å². The number of fused-ring (bicyclic) bond motifs is 1. The number of amides is 1. The van der Waals surface area contributed by atoms with Gasteiger partial charge in [-0.05, 0) is 30.2 Å². The number of esters is 1. The number of carbonyl (C=O) groups excluding carboxylic acids is 2. The summed E-state index contributed by atoms with van der Waals surface area (Å²) in [7, 11) is 1.38. The first-order valence-electron chi connectivity index (χ1n) is 8.47. The van der Waals surface area contributed by atoms with E-state index in [1.165, 1.54) is 7.11 Å². The summed E-state index contributed by atoms with van der Waals surface area (Å²) >= 11 is 0. The number of anilines is 1. The predicted octanol–water partition coefficient (Wildman–Crippen LogP) is 4.15. The highest BCUT2D eigenvalue weighted by atomic mass is 16.5. The fourth-order valence-corrected chi connectivity index (χ4v) is 2.53. The molecule has 0 saturated heterocycles. The van der Waals surface area contributed by atoms with E-state index in [0.29, 0.717) is 18.8 Å². The monoisotopic (exact) mass is 344 g/mol. The van der Waals surface area contributed by atoms with Gasteiger partial charge in [0.2, 0.25) is 0 Å². The van der Waals surface area contributed by atoms with Crippen LogP contribution < -0.4 is 5.32 Å². The maximum atomic E-state index is 11.9. The SMILES string of the molecule is CC[C@@H](CCCC(=O)OC)COC(=O)Nc1cc2ccccc2cn1. The van der Waals surface area contributed by atoms with Crippen molar-refractivity contribution in [2.45, 2.75) is 32.6 Å². The second-order valence-electron chi connectivity index (χ2n) is 5.88. The van der Waals surface area contributed by atoms with Crippen LogP contribution in [0.1, 0.15) is 32.6 Å². The summed E-state index contributed by atoms with van der Waals surface area (Å²) in [6.07, 6.45) is 4.00. The Morgan fingerprint density at radius 1 is 1.24 bits per heavy atom. The van der Waals surface area contributed by atoms with Gasteiger partial charge in [0.25, 0.3) is 0 Å². The molecule has 2 rings (SSSR count). The molecule has 134 valence electrons. The molecule has 0 fully saturated rings. The molecule has 1 aromatic heterocycles. The molecule has 0 unspecified atom stereocenters. The molecule has 1 atom stereocenters. The van der Waals surface area contributed by atoms with Gasteiger partial charge < -0.3 is 9.47 Å². The zero-order valence-electron chi connectivity index (χ0n) is 14.7. The maximum absolute atomic E-state index is 11.9. The van der Waals surface area contributed by atoms with E-state index in [9.17, 15) is 9.59 Å². The molecule has 0 spiro atoms. The molecular formula is C19H24N2O4. The maximum Gasteiger partial charge on any atom is 0.412 e. The molecule has 2 aromatic rings. The van der Waals surface area contributed by atoms with Crippen molar-refractivity contribution in [3.63, 3.8) is 0 Å². The third kappa shape index (κ3) is 6.06. The highest BCUT2D eigenvalue weighted by Crippen LogP contribution is 2.17. The van der Waals surface area contributed by atoms with E-state index < -0.39 is 6.09 Å². The number of hydrogen-bond donors (Lipinski definition) is 1. The summed E-state index contributed by atoms with van der Waals surface area (Å²) in [5.41, 5.74) is 0. The minimum Gasteiger partial charge on any atom is -0.469 e. The van der Waals surface area contributed by atoms with Crippen LogP contribution >= 0.6 is 0 Å². The standard InChI is InChI=1S/C19H24N2O4/c1-3-14(7-6-10-18(22)24-2)13-25-19(23)21-17-11-15-8-4-5-9-16(15)12-20-17/h4-5,8-9,11-12,14H,3,6-7,10,13H2,1-2H3,(H,20,21,23)/t14-/m0/s1. The molecule has 1 aromatic carbocycles. The van der Waals surface area contributed by atoms with Gasteiger partial charge in [0.15, 0.2) is 0 Å². The smallest absolute Gasteiger partial charge is 0.412 e. The molecule has 6 heteroatoms. The van der Waals surface area contributed by atoms with Crippen molar-refractivity contribution < 1.29 is 19.1 Å². The predicted molar refractivity (Wildman–Crippen MR) is 96.4 cm³/mol. The first kappa shape index (κ1) is 18.7. The van der Waals surface area contributed by atoms with Crippen molar-refractivity contribution >= 4 is 28.7 Å². The molecule has 6 nitrogen and oxygen atoms in total. The number of benzene rings is 1. The zero-order chi connectivity index (χ0) is 18.1. The van der Waals surface area contributed by atoms with Gasteiger partial charge in [-0.3, -0.25) is 10.1 Å². The van der Waals surface area contributed by atoms with Gasteiger partial charge in [-0.2, -0.15) is 0 Å². The molecule has 1 N–H and O–H groups in total. The molecule has 25 heavy (non-hydrogen) atoms. The van der Waals surface area contributed by atoms with Gasteiger partial charge in [0.05, 0.1) is 13.7 Å².